The molecule has 1 amide bonds. The van der Waals surface area contributed by atoms with Crippen LogP contribution in [0.3, 0.4) is 0 Å². The first kappa shape index (κ1) is 18.1. The van der Waals surface area contributed by atoms with Gasteiger partial charge in [-0.05, 0) is 36.8 Å². The van der Waals surface area contributed by atoms with Gasteiger partial charge in [-0.1, -0.05) is 17.8 Å². The van der Waals surface area contributed by atoms with Crippen molar-refractivity contribution in [1.82, 2.24) is 5.32 Å². The van der Waals surface area contributed by atoms with E-state index in [0.29, 0.717) is 23.0 Å². The highest BCUT2D eigenvalue weighted by Crippen LogP contribution is 2.35. The Hall–Kier alpha value is -2.26. The molecule has 2 aromatic rings. The number of amides is 1. The number of carbonyl (C=O) groups excluding carboxylic acids is 1. The Balaban J connectivity index is 1.44. The summed E-state index contributed by atoms with van der Waals surface area (Å²) in [5.74, 6) is 0.778. The summed E-state index contributed by atoms with van der Waals surface area (Å²) in [6, 6.07) is 8.81. The summed E-state index contributed by atoms with van der Waals surface area (Å²) in [6.07, 6.45) is 1.57. The SMILES string of the molecule is Cc1ccc(C(=O)NCc2ccco2)cc1NC1=N[C@@H]2CS(=O)(=O)C[C@@H]2S1. The van der Waals surface area contributed by atoms with E-state index >= 15 is 0 Å². The number of rotatable bonds is 4. The molecule has 27 heavy (non-hydrogen) atoms. The monoisotopic (exact) mass is 405 g/mol. The van der Waals surface area contributed by atoms with E-state index in [0.717, 1.165) is 11.3 Å². The van der Waals surface area contributed by atoms with E-state index in [4.69, 9.17) is 4.42 Å². The van der Waals surface area contributed by atoms with Crippen molar-refractivity contribution in [3.63, 3.8) is 0 Å². The molecule has 1 saturated heterocycles. The predicted molar refractivity (Wildman–Crippen MR) is 106 cm³/mol. The number of carbonyl (C=O) groups is 1. The lowest BCUT2D eigenvalue weighted by molar-refractivity contribution is 0.0948. The van der Waals surface area contributed by atoms with Gasteiger partial charge in [0.25, 0.3) is 5.91 Å². The van der Waals surface area contributed by atoms with E-state index in [1.165, 1.54) is 11.8 Å². The number of anilines is 1. The fourth-order valence-electron chi connectivity index (χ4n) is 3.11. The number of hydrogen-bond donors (Lipinski definition) is 2. The zero-order valence-electron chi connectivity index (χ0n) is 14.6. The van der Waals surface area contributed by atoms with Gasteiger partial charge in [-0.3, -0.25) is 9.79 Å². The van der Waals surface area contributed by atoms with Gasteiger partial charge in [-0.15, -0.1) is 0 Å². The zero-order chi connectivity index (χ0) is 19.0. The number of thioether (sulfide) groups is 1. The minimum atomic E-state index is -2.97. The zero-order valence-corrected chi connectivity index (χ0v) is 16.3. The number of aryl methyl sites for hydroxylation is 1. The second-order valence-corrected chi connectivity index (χ2v) is 10.0. The first-order chi connectivity index (χ1) is 12.9. The highest BCUT2D eigenvalue weighted by molar-refractivity contribution is 8.15. The third-order valence-electron chi connectivity index (χ3n) is 4.56. The number of aliphatic imine (C=N–C) groups is 1. The summed E-state index contributed by atoms with van der Waals surface area (Å²) in [7, 11) is -2.97. The number of nitrogens with zero attached hydrogens (tertiary/aromatic N) is 1. The van der Waals surface area contributed by atoms with Crippen LogP contribution in [0.25, 0.3) is 0 Å². The first-order valence-electron chi connectivity index (χ1n) is 8.53. The maximum atomic E-state index is 12.4. The molecule has 2 aliphatic rings. The number of furan rings is 1. The Morgan fingerprint density at radius 2 is 2.19 bits per heavy atom. The van der Waals surface area contributed by atoms with Gasteiger partial charge in [-0.25, -0.2) is 8.42 Å². The Labute approximate surface area is 161 Å². The molecule has 4 rings (SSSR count). The lowest BCUT2D eigenvalue weighted by Gasteiger charge is -2.12. The highest BCUT2D eigenvalue weighted by atomic mass is 32.2. The van der Waals surface area contributed by atoms with Crippen molar-refractivity contribution in [1.29, 1.82) is 0 Å². The van der Waals surface area contributed by atoms with Crippen LogP contribution in [0, 0.1) is 6.92 Å². The molecule has 1 aromatic carbocycles. The van der Waals surface area contributed by atoms with Crippen molar-refractivity contribution in [2.75, 3.05) is 16.8 Å². The third kappa shape index (κ3) is 4.03. The smallest absolute Gasteiger partial charge is 0.251 e. The van der Waals surface area contributed by atoms with Gasteiger partial charge in [0.1, 0.15) is 5.76 Å². The van der Waals surface area contributed by atoms with Crippen LogP contribution in [0.2, 0.25) is 0 Å². The Kier molecular flexibility index (Phi) is 4.73. The average molecular weight is 406 g/mol. The van der Waals surface area contributed by atoms with E-state index in [2.05, 4.69) is 15.6 Å². The van der Waals surface area contributed by atoms with Gasteiger partial charge in [0.05, 0.1) is 30.4 Å². The molecule has 0 radical (unpaired) electrons. The molecule has 7 nitrogen and oxygen atoms in total. The maximum absolute atomic E-state index is 12.4. The van der Waals surface area contributed by atoms with Crippen LogP contribution in [0.1, 0.15) is 21.7 Å². The third-order valence-corrected chi connectivity index (χ3v) is 7.70. The largest absolute Gasteiger partial charge is 0.467 e. The van der Waals surface area contributed by atoms with Gasteiger partial charge < -0.3 is 15.1 Å². The summed E-state index contributed by atoms with van der Waals surface area (Å²) in [5.41, 5.74) is 2.29. The van der Waals surface area contributed by atoms with E-state index in [1.54, 1.807) is 30.5 Å². The molecule has 0 bridgehead atoms. The van der Waals surface area contributed by atoms with Gasteiger partial charge in [0.2, 0.25) is 0 Å². The topological polar surface area (TPSA) is 101 Å². The van der Waals surface area contributed by atoms with Crippen LogP contribution in [0.15, 0.2) is 46.0 Å². The predicted octanol–water partition coefficient (Wildman–Crippen LogP) is 2.20. The van der Waals surface area contributed by atoms with Crippen LogP contribution in [0.5, 0.6) is 0 Å². The Bertz CT molecular complexity index is 1000. The number of benzene rings is 1. The standard InChI is InChI=1S/C18H19N3O4S2/c1-11-4-5-12(17(22)19-8-13-3-2-6-25-13)7-14(11)20-18-21-15-9-27(23,24)10-16(15)26-18/h2-7,15-16H,8-10H2,1H3,(H,19,22)(H,20,21)/t15-,16+/m1/s1. The average Bonchev–Trinajstić information content (AvgIpc) is 3.29. The Morgan fingerprint density at radius 1 is 1.33 bits per heavy atom. The van der Waals surface area contributed by atoms with E-state index in [-0.39, 0.29) is 28.7 Å². The van der Waals surface area contributed by atoms with Gasteiger partial charge in [0.15, 0.2) is 15.0 Å². The molecule has 0 spiro atoms. The van der Waals surface area contributed by atoms with Crippen molar-refractivity contribution < 1.29 is 17.6 Å². The van der Waals surface area contributed by atoms with Crippen molar-refractivity contribution in [2.24, 2.45) is 4.99 Å². The fraction of sp³-hybridized carbons (Fsp3) is 0.333. The van der Waals surface area contributed by atoms with Crippen molar-refractivity contribution >= 4 is 38.4 Å². The normalized spacial score (nSPS) is 22.9. The van der Waals surface area contributed by atoms with Crippen molar-refractivity contribution in [3.8, 4) is 0 Å². The van der Waals surface area contributed by atoms with Crippen LogP contribution in [-0.2, 0) is 16.4 Å². The van der Waals surface area contributed by atoms with Crippen LogP contribution in [0.4, 0.5) is 5.69 Å². The lowest BCUT2D eigenvalue weighted by Crippen LogP contribution is -2.22. The molecule has 142 valence electrons. The van der Waals surface area contributed by atoms with Crippen LogP contribution >= 0.6 is 11.8 Å². The van der Waals surface area contributed by atoms with Crippen LogP contribution < -0.4 is 10.6 Å². The van der Waals surface area contributed by atoms with E-state index in [1.807, 2.05) is 13.0 Å². The molecule has 3 heterocycles. The lowest BCUT2D eigenvalue weighted by atomic mass is 10.1. The molecule has 9 heteroatoms. The summed E-state index contributed by atoms with van der Waals surface area (Å²) >= 11 is 1.46. The molecule has 2 N–H and O–H groups in total. The van der Waals surface area contributed by atoms with E-state index in [9.17, 15) is 13.2 Å². The molecule has 1 aromatic heterocycles. The molecule has 0 saturated carbocycles. The fourth-order valence-corrected chi connectivity index (χ4v) is 6.78. The second kappa shape index (κ2) is 7.05. The molecular weight excluding hydrogens is 386 g/mol. The highest BCUT2D eigenvalue weighted by Gasteiger charge is 2.42. The first-order valence-corrected chi connectivity index (χ1v) is 11.2. The summed E-state index contributed by atoms with van der Waals surface area (Å²) < 4.78 is 28.6. The molecule has 0 aliphatic carbocycles. The molecule has 0 unspecified atom stereocenters. The minimum absolute atomic E-state index is 0.0161. The number of sulfone groups is 1. The maximum Gasteiger partial charge on any atom is 0.251 e. The second-order valence-electron chi connectivity index (χ2n) is 6.65. The Morgan fingerprint density at radius 3 is 2.93 bits per heavy atom. The number of amidine groups is 1. The molecule has 2 aliphatic heterocycles. The number of hydrogen-bond acceptors (Lipinski definition) is 7. The molecular formula is C18H19N3O4S2. The van der Waals surface area contributed by atoms with Gasteiger partial charge in [-0.2, -0.15) is 0 Å². The van der Waals surface area contributed by atoms with Crippen molar-refractivity contribution in [2.45, 2.75) is 24.8 Å². The summed E-state index contributed by atoms with van der Waals surface area (Å²) in [5, 5.41) is 6.76. The van der Waals surface area contributed by atoms with E-state index < -0.39 is 9.84 Å². The number of nitrogens with one attached hydrogen (secondary N) is 2. The summed E-state index contributed by atoms with van der Waals surface area (Å²) in [4.78, 5) is 16.9. The quantitative estimate of drug-likeness (QED) is 0.809. The summed E-state index contributed by atoms with van der Waals surface area (Å²) in [6.45, 7) is 2.27. The molecule has 2 atom stereocenters. The van der Waals surface area contributed by atoms with Gasteiger partial charge in [0, 0.05) is 16.5 Å². The van der Waals surface area contributed by atoms with Crippen molar-refractivity contribution in [3.05, 3.63) is 53.5 Å². The molecule has 1 fully saturated rings. The van der Waals surface area contributed by atoms with Gasteiger partial charge >= 0.3 is 0 Å². The minimum Gasteiger partial charge on any atom is -0.467 e. The van der Waals surface area contributed by atoms with Crippen LogP contribution in [-0.4, -0.2) is 42.3 Å². The number of fused-ring (bicyclic) bond motifs is 1.